The number of fused-ring (bicyclic) bond motifs is 8. The van der Waals surface area contributed by atoms with Crippen LogP contribution in [-0.4, -0.2) is 31.7 Å². The minimum absolute atomic E-state index is 0.0715. The standard InChI is InChI=1S/C34H34NO4P/c1-3-38-40(37,39-4-2)24-14-13-23-35-31-21-11-9-19-29(31)34(30-20-10-12-22-32(30)35)27-17-7-5-15-25(27)33(36)26-16-6-8-18-28(26)34/h5-12,15-22H,3-4,13-14,23-24H2,1-2H3. The van der Waals surface area contributed by atoms with Crippen molar-refractivity contribution in [2.24, 2.45) is 0 Å². The Balaban J connectivity index is 1.47. The summed E-state index contributed by atoms with van der Waals surface area (Å²) in [5.74, 6) is 0.0715. The Morgan fingerprint density at radius 3 is 1.60 bits per heavy atom. The highest BCUT2D eigenvalue weighted by molar-refractivity contribution is 7.53. The van der Waals surface area contributed by atoms with Crippen LogP contribution >= 0.6 is 7.60 Å². The molecule has 0 unspecified atom stereocenters. The van der Waals surface area contributed by atoms with Gasteiger partial charge in [0.25, 0.3) is 0 Å². The fourth-order valence-electron chi connectivity index (χ4n) is 6.59. The molecule has 40 heavy (non-hydrogen) atoms. The number of ketones is 1. The molecule has 0 saturated carbocycles. The summed E-state index contributed by atoms with van der Waals surface area (Å²) in [5, 5.41) is 0. The Bertz CT molecular complexity index is 1500. The molecule has 0 saturated heterocycles. The van der Waals surface area contributed by atoms with Gasteiger partial charge in [-0.3, -0.25) is 9.36 Å². The van der Waals surface area contributed by atoms with Gasteiger partial charge in [-0.1, -0.05) is 84.9 Å². The predicted octanol–water partition coefficient (Wildman–Crippen LogP) is 8.11. The number of hydrogen-bond acceptors (Lipinski definition) is 5. The first kappa shape index (κ1) is 26.7. The summed E-state index contributed by atoms with van der Waals surface area (Å²) >= 11 is 0. The van der Waals surface area contributed by atoms with Gasteiger partial charge in [0.05, 0.1) is 24.8 Å². The highest BCUT2D eigenvalue weighted by Crippen LogP contribution is 2.58. The van der Waals surface area contributed by atoms with Crippen LogP contribution in [0.1, 0.15) is 64.9 Å². The third-order valence-corrected chi connectivity index (χ3v) is 10.2. The normalized spacial score (nSPS) is 14.8. The van der Waals surface area contributed by atoms with Crippen LogP contribution in [0.3, 0.4) is 0 Å². The van der Waals surface area contributed by atoms with Crippen LogP contribution in [0.25, 0.3) is 0 Å². The maximum absolute atomic E-state index is 13.7. The molecule has 0 amide bonds. The van der Waals surface area contributed by atoms with Crippen molar-refractivity contribution in [2.45, 2.75) is 32.1 Å². The van der Waals surface area contributed by atoms with Gasteiger partial charge in [0.15, 0.2) is 5.78 Å². The van der Waals surface area contributed by atoms with Gasteiger partial charge in [0.2, 0.25) is 0 Å². The highest BCUT2D eigenvalue weighted by Gasteiger charge is 2.51. The lowest BCUT2D eigenvalue weighted by atomic mass is 9.57. The summed E-state index contributed by atoms with van der Waals surface area (Å²) in [6.07, 6.45) is 1.95. The molecule has 204 valence electrons. The molecule has 0 atom stereocenters. The second kappa shape index (κ2) is 10.8. The Kier molecular flexibility index (Phi) is 7.22. The molecular weight excluding hydrogens is 517 g/mol. The Labute approximate surface area is 236 Å². The van der Waals surface area contributed by atoms with E-state index in [1.807, 2.05) is 50.2 Å². The predicted molar refractivity (Wildman–Crippen MR) is 160 cm³/mol. The smallest absolute Gasteiger partial charge is 0.330 e. The lowest BCUT2D eigenvalue weighted by Crippen LogP contribution is -2.43. The molecule has 1 heterocycles. The van der Waals surface area contributed by atoms with E-state index in [9.17, 15) is 9.36 Å². The monoisotopic (exact) mass is 551 g/mol. The molecule has 6 rings (SSSR count). The van der Waals surface area contributed by atoms with Gasteiger partial charge in [0.1, 0.15) is 0 Å². The highest BCUT2D eigenvalue weighted by atomic mass is 31.2. The van der Waals surface area contributed by atoms with Gasteiger partial charge in [0, 0.05) is 29.0 Å². The van der Waals surface area contributed by atoms with Crippen LogP contribution in [-0.2, 0) is 19.0 Å². The molecule has 4 aromatic rings. The maximum Gasteiger partial charge on any atom is 0.330 e. The van der Waals surface area contributed by atoms with E-state index in [-0.39, 0.29) is 5.78 Å². The molecule has 6 heteroatoms. The summed E-state index contributed by atoms with van der Waals surface area (Å²) in [6, 6.07) is 33.3. The number of para-hydroxylation sites is 2. The van der Waals surface area contributed by atoms with E-state index in [1.54, 1.807) is 0 Å². The zero-order valence-corrected chi connectivity index (χ0v) is 23.9. The van der Waals surface area contributed by atoms with Crippen molar-refractivity contribution in [3.63, 3.8) is 0 Å². The molecule has 1 aliphatic heterocycles. The average Bonchev–Trinajstić information content (AvgIpc) is 2.99. The summed E-state index contributed by atoms with van der Waals surface area (Å²) in [4.78, 5) is 16.1. The Morgan fingerprint density at radius 2 is 1.10 bits per heavy atom. The first-order chi connectivity index (χ1) is 19.5. The lowest BCUT2D eigenvalue weighted by molar-refractivity contribution is 0.103. The summed E-state index contributed by atoms with van der Waals surface area (Å²) in [6.45, 7) is 5.19. The number of carbonyl (C=O) groups is 1. The van der Waals surface area contributed by atoms with Crippen LogP contribution in [0.15, 0.2) is 97.1 Å². The molecule has 0 radical (unpaired) electrons. The van der Waals surface area contributed by atoms with Crippen molar-refractivity contribution in [3.8, 4) is 0 Å². The zero-order valence-electron chi connectivity index (χ0n) is 23.0. The van der Waals surface area contributed by atoms with Crippen LogP contribution < -0.4 is 4.90 Å². The molecule has 4 aromatic carbocycles. The minimum Gasteiger partial charge on any atom is -0.341 e. The molecule has 0 bridgehead atoms. The number of rotatable bonds is 9. The van der Waals surface area contributed by atoms with Crippen molar-refractivity contribution in [1.82, 2.24) is 0 Å². The number of unbranched alkanes of at least 4 members (excludes halogenated alkanes) is 1. The van der Waals surface area contributed by atoms with Crippen LogP contribution in [0, 0.1) is 0 Å². The van der Waals surface area contributed by atoms with Crippen LogP contribution in [0.5, 0.6) is 0 Å². The third kappa shape index (κ3) is 4.16. The van der Waals surface area contributed by atoms with Gasteiger partial charge in [-0.25, -0.2) is 0 Å². The number of hydrogen-bond donors (Lipinski definition) is 0. The summed E-state index contributed by atoms with van der Waals surface area (Å²) in [7, 11) is -3.08. The Hall–Kier alpha value is -3.50. The fraction of sp³-hybridized carbons (Fsp3) is 0.265. The minimum atomic E-state index is -3.08. The van der Waals surface area contributed by atoms with E-state index in [2.05, 4.69) is 65.6 Å². The molecular formula is C34H34NO4P. The topological polar surface area (TPSA) is 55.8 Å². The summed E-state index contributed by atoms with van der Waals surface area (Å²) in [5.41, 5.74) is 7.50. The fourth-order valence-corrected chi connectivity index (χ4v) is 8.32. The third-order valence-electron chi connectivity index (χ3n) is 8.06. The van der Waals surface area contributed by atoms with Gasteiger partial charge in [-0.15, -0.1) is 0 Å². The van der Waals surface area contributed by atoms with Crippen LogP contribution in [0.4, 0.5) is 11.4 Å². The molecule has 0 aromatic heterocycles. The molecule has 0 fully saturated rings. The van der Waals surface area contributed by atoms with Crippen molar-refractivity contribution in [3.05, 3.63) is 130 Å². The van der Waals surface area contributed by atoms with Gasteiger partial charge >= 0.3 is 7.60 Å². The average molecular weight is 552 g/mol. The van der Waals surface area contributed by atoms with Gasteiger partial charge < -0.3 is 13.9 Å². The first-order valence-electron chi connectivity index (χ1n) is 14.1. The number of anilines is 2. The Morgan fingerprint density at radius 1 is 0.650 bits per heavy atom. The maximum atomic E-state index is 13.7. The number of carbonyl (C=O) groups excluding carboxylic acids is 1. The van der Waals surface area contributed by atoms with Crippen molar-refractivity contribution < 1.29 is 18.4 Å². The summed E-state index contributed by atoms with van der Waals surface area (Å²) < 4.78 is 24.1. The second-order valence-corrected chi connectivity index (χ2v) is 12.4. The van der Waals surface area contributed by atoms with Crippen molar-refractivity contribution >= 4 is 24.8 Å². The number of nitrogens with zero attached hydrogens (tertiary/aromatic N) is 1. The molecule has 1 spiro atoms. The van der Waals surface area contributed by atoms with E-state index < -0.39 is 13.0 Å². The van der Waals surface area contributed by atoms with E-state index in [1.165, 1.54) is 0 Å². The SMILES string of the molecule is CCOP(=O)(CCCCN1c2ccccc2C2(c3ccccc3C(=O)c3ccccc32)c2ccccc21)OCC. The zero-order chi connectivity index (χ0) is 27.7. The van der Waals surface area contributed by atoms with Crippen molar-refractivity contribution in [2.75, 3.05) is 30.8 Å². The second-order valence-electron chi connectivity index (χ2n) is 10.2. The van der Waals surface area contributed by atoms with E-state index in [0.717, 1.165) is 64.1 Å². The van der Waals surface area contributed by atoms with E-state index >= 15 is 0 Å². The lowest BCUT2D eigenvalue weighted by Gasteiger charge is -2.49. The van der Waals surface area contributed by atoms with Crippen molar-refractivity contribution in [1.29, 1.82) is 0 Å². The van der Waals surface area contributed by atoms with Crippen LogP contribution in [0.2, 0.25) is 0 Å². The van der Waals surface area contributed by atoms with E-state index in [4.69, 9.17) is 9.05 Å². The molecule has 2 aliphatic rings. The first-order valence-corrected chi connectivity index (χ1v) is 15.9. The quantitative estimate of drug-likeness (QED) is 0.137. The molecule has 5 nitrogen and oxygen atoms in total. The molecule has 0 N–H and O–H groups in total. The van der Waals surface area contributed by atoms with Gasteiger partial charge in [-0.05, 0) is 61.1 Å². The number of benzene rings is 4. The van der Waals surface area contributed by atoms with Gasteiger partial charge in [-0.2, -0.15) is 0 Å². The largest absolute Gasteiger partial charge is 0.341 e. The van der Waals surface area contributed by atoms with E-state index in [0.29, 0.717) is 19.4 Å². The molecule has 1 aliphatic carbocycles.